The molecule has 7 heteroatoms. The van der Waals surface area contributed by atoms with Crippen molar-refractivity contribution < 1.29 is 9.59 Å². The van der Waals surface area contributed by atoms with Crippen molar-refractivity contribution in [2.24, 2.45) is 0 Å². The van der Waals surface area contributed by atoms with Gasteiger partial charge in [0.1, 0.15) is 11.2 Å². The quantitative estimate of drug-likeness (QED) is 0.603. The van der Waals surface area contributed by atoms with Crippen LogP contribution in [0.15, 0.2) is 34.8 Å². The first kappa shape index (κ1) is 21.7. The highest BCUT2D eigenvalue weighted by Gasteiger charge is 2.48. The molecule has 1 aliphatic heterocycles. The van der Waals surface area contributed by atoms with Gasteiger partial charge in [0.15, 0.2) is 0 Å². The van der Waals surface area contributed by atoms with E-state index in [2.05, 4.69) is 21.2 Å². The normalized spacial score (nSPS) is 24.2. The van der Waals surface area contributed by atoms with Crippen LogP contribution in [-0.2, 0) is 17.9 Å². The van der Waals surface area contributed by atoms with Crippen LogP contribution in [-0.4, -0.2) is 38.1 Å². The molecule has 3 aliphatic rings. The summed E-state index contributed by atoms with van der Waals surface area (Å²) in [7, 11) is 0. The van der Waals surface area contributed by atoms with Crippen LogP contribution < -0.4 is 5.32 Å². The van der Waals surface area contributed by atoms with Crippen LogP contribution in [0.4, 0.5) is 0 Å². The fourth-order valence-electron chi connectivity index (χ4n) is 5.07. The molecule has 1 N–H and O–H groups in total. The number of fused-ring (bicyclic) bond motifs is 1. The largest absolute Gasteiger partial charge is 0.351 e. The highest BCUT2D eigenvalue weighted by Crippen LogP contribution is 2.41. The Bertz CT molecular complexity index is 1020. The average molecular weight is 499 g/mol. The zero-order valence-corrected chi connectivity index (χ0v) is 20.2. The predicted octanol–water partition coefficient (Wildman–Crippen LogP) is 4.78. The van der Waals surface area contributed by atoms with Gasteiger partial charge in [0.25, 0.3) is 5.91 Å². The number of hydrogen-bond donors (Lipinski definition) is 1. The molecule has 2 amide bonds. The summed E-state index contributed by atoms with van der Waals surface area (Å²) in [6, 6.07) is 10.1. The van der Waals surface area contributed by atoms with Crippen molar-refractivity contribution in [3.63, 3.8) is 0 Å². The van der Waals surface area contributed by atoms with E-state index in [0.717, 1.165) is 54.3 Å². The highest BCUT2D eigenvalue weighted by atomic mass is 79.9. The first-order valence-electron chi connectivity index (χ1n) is 11.9. The Morgan fingerprint density at radius 3 is 2.59 bits per heavy atom. The number of carbonyl (C=O) groups excluding carboxylic acids is 2. The maximum atomic E-state index is 13.7. The third-order valence-electron chi connectivity index (χ3n) is 7.22. The molecular formula is C25H31BrN4O2. The maximum absolute atomic E-state index is 13.7. The molecule has 0 spiro atoms. The predicted molar refractivity (Wildman–Crippen MR) is 126 cm³/mol. The Kier molecular flexibility index (Phi) is 5.86. The van der Waals surface area contributed by atoms with Crippen molar-refractivity contribution in [1.82, 2.24) is 20.0 Å². The molecule has 1 atom stereocenters. The first-order valence-corrected chi connectivity index (χ1v) is 12.7. The molecule has 2 aliphatic carbocycles. The lowest BCUT2D eigenvalue weighted by molar-refractivity contribution is -0.134. The first-order chi connectivity index (χ1) is 15.4. The van der Waals surface area contributed by atoms with Crippen LogP contribution in [0.25, 0.3) is 0 Å². The van der Waals surface area contributed by atoms with Crippen molar-refractivity contribution in [2.45, 2.75) is 88.9 Å². The zero-order valence-electron chi connectivity index (χ0n) is 18.6. The van der Waals surface area contributed by atoms with Crippen LogP contribution in [0.5, 0.6) is 0 Å². The summed E-state index contributed by atoms with van der Waals surface area (Å²) in [6.45, 7) is 2.67. The van der Waals surface area contributed by atoms with Gasteiger partial charge in [0.2, 0.25) is 5.91 Å². The van der Waals surface area contributed by atoms with Gasteiger partial charge in [-0.2, -0.15) is 5.10 Å². The van der Waals surface area contributed by atoms with Crippen molar-refractivity contribution >= 4 is 27.7 Å². The molecule has 2 heterocycles. The molecule has 0 bridgehead atoms. The second-order valence-corrected chi connectivity index (χ2v) is 10.8. The lowest BCUT2D eigenvalue weighted by Gasteiger charge is -2.44. The van der Waals surface area contributed by atoms with Gasteiger partial charge in [-0.15, -0.1) is 0 Å². The highest BCUT2D eigenvalue weighted by molar-refractivity contribution is 9.10. The number of benzene rings is 1. The molecule has 2 aromatic rings. The van der Waals surface area contributed by atoms with Crippen LogP contribution >= 0.6 is 15.9 Å². The van der Waals surface area contributed by atoms with Crippen molar-refractivity contribution in [2.75, 3.05) is 0 Å². The number of rotatable bonds is 5. The zero-order chi connectivity index (χ0) is 22.3. The summed E-state index contributed by atoms with van der Waals surface area (Å²) in [6.07, 6.45) is 9.06. The molecule has 2 fully saturated rings. The molecule has 5 rings (SSSR count). The molecule has 6 nitrogen and oxygen atoms in total. The number of nitrogens with one attached hydrogen (secondary N) is 1. The van der Waals surface area contributed by atoms with E-state index in [1.165, 1.54) is 12.8 Å². The Morgan fingerprint density at radius 2 is 1.91 bits per heavy atom. The van der Waals surface area contributed by atoms with E-state index < -0.39 is 5.54 Å². The number of hydrogen-bond acceptors (Lipinski definition) is 3. The summed E-state index contributed by atoms with van der Waals surface area (Å²) in [5.41, 5.74) is 1.59. The van der Waals surface area contributed by atoms with Gasteiger partial charge in [0.05, 0.1) is 12.2 Å². The minimum absolute atomic E-state index is 0.0677. The Labute approximate surface area is 197 Å². The molecule has 170 valence electrons. The second kappa shape index (κ2) is 8.65. The summed E-state index contributed by atoms with van der Waals surface area (Å²) < 4.78 is 2.74. The molecular weight excluding hydrogens is 468 g/mol. The lowest BCUT2D eigenvalue weighted by atomic mass is 9.93. The standard InChI is InChI=1S/C25H31BrN4O2/c1-25(24(32)27-20-9-4-2-3-5-10-20)16-30-22(14-21(28-30)18-11-12-18)23(31)29(25)15-17-7-6-8-19(26)13-17/h6-8,13-14,18,20H,2-5,9-12,15-16H2,1H3,(H,27,32). The third-order valence-corrected chi connectivity index (χ3v) is 7.71. The molecule has 0 radical (unpaired) electrons. The SMILES string of the molecule is CC1(C(=O)NC2CCCCCC2)Cn2nc(C3CC3)cc2C(=O)N1Cc1cccc(Br)c1. The van der Waals surface area contributed by atoms with E-state index in [0.29, 0.717) is 24.7 Å². The van der Waals surface area contributed by atoms with Crippen LogP contribution in [0.2, 0.25) is 0 Å². The van der Waals surface area contributed by atoms with E-state index in [4.69, 9.17) is 5.10 Å². The van der Waals surface area contributed by atoms with Gasteiger partial charge in [-0.3, -0.25) is 14.3 Å². The van der Waals surface area contributed by atoms with Gasteiger partial charge in [-0.1, -0.05) is 53.7 Å². The Hall–Kier alpha value is -2.15. The van der Waals surface area contributed by atoms with Crippen molar-refractivity contribution in [3.8, 4) is 0 Å². The summed E-state index contributed by atoms with van der Waals surface area (Å²) in [5, 5.41) is 8.05. The van der Waals surface area contributed by atoms with Crippen molar-refractivity contribution in [1.29, 1.82) is 0 Å². The van der Waals surface area contributed by atoms with Gasteiger partial charge in [0, 0.05) is 23.0 Å². The maximum Gasteiger partial charge on any atom is 0.273 e. The smallest absolute Gasteiger partial charge is 0.273 e. The van der Waals surface area contributed by atoms with Crippen LogP contribution in [0.3, 0.4) is 0 Å². The van der Waals surface area contributed by atoms with E-state index in [1.807, 2.05) is 37.3 Å². The molecule has 0 saturated heterocycles. The minimum Gasteiger partial charge on any atom is -0.351 e. The number of aromatic nitrogens is 2. The van der Waals surface area contributed by atoms with E-state index in [-0.39, 0.29) is 17.9 Å². The lowest BCUT2D eigenvalue weighted by Crippen LogP contribution is -2.64. The van der Waals surface area contributed by atoms with E-state index in [1.54, 1.807) is 9.58 Å². The fraction of sp³-hybridized carbons (Fsp3) is 0.560. The van der Waals surface area contributed by atoms with Gasteiger partial charge >= 0.3 is 0 Å². The second-order valence-electron chi connectivity index (χ2n) is 9.84. The third kappa shape index (κ3) is 4.24. The molecule has 2 saturated carbocycles. The topological polar surface area (TPSA) is 67.2 Å². The fourth-order valence-corrected chi connectivity index (χ4v) is 5.52. The van der Waals surface area contributed by atoms with E-state index in [9.17, 15) is 9.59 Å². The van der Waals surface area contributed by atoms with Crippen molar-refractivity contribution in [3.05, 3.63) is 51.8 Å². The molecule has 1 aromatic heterocycles. The van der Waals surface area contributed by atoms with Crippen LogP contribution in [0.1, 0.15) is 86.0 Å². The average Bonchev–Trinajstić information content (AvgIpc) is 3.57. The minimum atomic E-state index is -0.994. The Morgan fingerprint density at radius 1 is 1.16 bits per heavy atom. The molecule has 32 heavy (non-hydrogen) atoms. The number of halogens is 1. The summed E-state index contributed by atoms with van der Waals surface area (Å²) in [5.74, 6) is 0.279. The van der Waals surface area contributed by atoms with Gasteiger partial charge in [-0.25, -0.2) is 0 Å². The summed E-state index contributed by atoms with van der Waals surface area (Å²) >= 11 is 3.53. The number of amides is 2. The number of nitrogens with zero attached hydrogens (tertiary/aromatic N) is 3. The van der Waals surface area contributed by atoms with Crippen LogP contribution in [0, 0.1) is 0 Å². The molecule has 1 unspecified atom stereocenters. The van der Waals surface area contributed by atoms with Gasteiger partial charge in [-0.05, 0) is 56.4 Å². The number of carbonyl (C=O) groups is 2. The summed E-state index contributed by atoms with van der Waals surface area (Å²) in [4.78, 5) is 29.2. The Balaban J connectivity index is 1.47. The van der Waals surface area contributed by atoms with E-state index >= 15 is 0 Å². The van der Waals surface area contributed by atoms with Gasteiger partial charge < -0.3 is 10.2 Å². The molecule has 1 aromatic carbocycles. The monoisotopic (exact) mass is 498 g/mol.